The van der Waals surface area contributed by atoms with Crippen molar-refractivity contribution < 1.29 is 17.9 Å². The molecule has 1 aromatic rings. The first-order valence-electron chi connectivity index (χ1n) is 8.21. The van der Waals surface area contributed by atoms with Gasteiger partial charge in [-0.05, 0) is 43.4 Å². The van der Waals surface area contributed by atoms with Crippen molar-refractivity contribution >= 4 is 29.9 Å². The number of hydrogen-bond donors (Lipinski definition) is 2. The molecule has 0 saturated carbocycles. The van der Waals surface area contributed by atoms with Crippen molar-refractivity contribution in [1.29, 1.82) is 0 Å². The van der Waals surface area contributed by atoms with Gasteiger partial charge < -0.3 is 15.4 Å². The number of ether oxygens (including phenoxy) is 1. The minimum absolute atomic E-state index is 0. The molecule has 1 atom stereocenters. The molecule has 0 aliphatic carbocycles. The van der Waals surface area contributed by atoms with E-state index in [0.29, 0.717) is 25.0 Å². The van der Waals surface area contributed by atoms with E-state index in [4.69, 9.17) is 4.74 Å². The van der Waals surface area contributed by atoms with Crippen LogP contribution < -0.4 is 10.6 Å². The van der Waals surface area contributed by atoms with Crippen LogP contribution in [0.5, 0.6) is 0 Å². The van der Waals surface area contributed by atoms with Crippen LogP contribution in [0.15, 0.2) is 29.3 Å². The van der Waals surface area contributed by atoms with E-state index in [0.717, 1.165) is 50.1 Å². The van der Waals surface area contributed by atoms with Crippen LogP contribution in [0.25, 0.3) is 0 Å². The molecule has 8 heteroatoms. The number of nitrogens with zero attached hydrogens (tertiary/aromatic N) is 1. The molecule has 2 N–H and O–H groups in total. The Hall–Kier alpha value is -1.03. The Balaban J connectivity index is 0.00000312. The fraction of sp³-hybridized carbons (Fsp3) is 0.588. The predicted molar refractivity (Wildman–Crippen MR) is 104 cm³/mol. The molecule has 1 saturated heterocycles. The first kappa shape index (κ1) is 22.0. The number of alkyl halides is 3. The maximum atomic E-state index is 12.5. The minimum Gasteiger partial charge on any atom is -0.378 e. The standard InChI is InChI=1S/C17H24F3N3O.HI/c1-21-16(23-11-9-15-3-2-12-24-15)22-10-8-13-4-6-14(7-5-13)17(18,19)20;/h4-7,15H,2-3,8-12H2,1H3,(H2,21,22,23);1H. The molecule has 2 rings (SSSR count). The van der Waals surface area contributed by atoms with Crippen LogP contribution in [0.1, 0.15) is 30.4 Å². The molecule has 0 spiro atoms. The second-order valence-corrected chi connectivity index (χ2v) is 5.79. The maximum absolute atomic E-state index is 12.5. The zero-order chi connectivity index (χ0) is 17.4. The molecule has 1 aliphatic rings. The molecule has 1 aromatic carbocycles. The highest BCUT2D eigenvalue weighted by Gasteiger charge is 2.29. The predicted octanol–water partition coefficient (Wildman–Crippen LogP) is 3.60. The number of rotatable bonds is 6. The van der Waals surface area contributed by atoms with E-state index in [1.807, 2.05) is 0 Å². The molecule has 25 heavy (non-hydrogen) atoms. The number of guanidine groups is 1. The van der Waals surface area contributed by atoms with Crippen molar-refractivity contribution in [3.63, 3.8) is 0 Å². The lowest BCUT2D eigenvalue weighted by Crippen LogP contribution is -2.39. The number of halogens is 4. The third-order valence-corrected chi connectivity index (χ3v) is 3.99. The molecule has 1 heterocycles. The normalized spacial score (nSPS) is 17.9. The van der Waals surface area contributed by atoms with Gasteiger partial charge in [0.2, 0.25) is 0 Å². The van der Waals surface area contributed by atoms with Crippen LogP contribution in [-0.2, 0) is 17.3 Å². The van der Waals surface area contributed by atoms with E-state index >= 15 is 0 Å². The van der Waals surface area contributed by atoms with Gasteiger partial charge in [0.25, 0.3) is 0 Å². The monoisotopic (exact) mass is 471 g/mol. The van der Waals surface area contributed by atoms with Gasteiger partial charge in [-0.2, -0.15) is 13.2 Å². The Kier molecular flexibility index (Phi) is 9.55. The first-order chi connectivity index (χ1) is 11.5. The number of aliphatic imine (C=N–C) groups is 1. The summed E-state index contributed by atoms with van der Waals surface area (Å²) < 4.78 is 43.1. The zero-order valence-electron chi connectivity index (χ0n) is 14.2. The summed E-state index contributed by atoms with van der Waals surface area (Å²) in [5, 5.41) is 6.39. The average molecular weight is 471 g/mol. The largest absolute Gasteiger partial charge is 0.416 e. The molecule has 1 fully saturated rings. The summed E-state index contributed by atoms with van der Waals surface area (Å²) in [4.78, 5) is 4.13. The summed E-state index contributed by atoms with van der Waals surface area (Å²) in [5.41, 5.74) is 0.233. The Morgan fingerprint density at radius 1 is 1.20 bits per heavy atom. The lowest BCUT2D eigenvalue weighted by molar-refractivity contribution is -0.137. The highest BCUT2D eigenvalue weighted by molar-refractivity contribution is 14.0. The molecular formula is C17H25F3IN3O. The lowest BCUT2D eigenvalue weighted by atomic mass is 10.1. The average Bonchev–Trinajstić information content (AvgIpc) is 3.06. The van der Waals surface area contributed by atoms with Gasteiger partial charge in [-0.15, -0.1) is 24.0 Å². The molecule has 0 bridgehead atoms. The molecule has 4 nitrogen and oxygen atoms in total. The summed E-state index contributed by atoms with van der Waals surface area (Å²) in [7, 11) is 1.69. The van der Waals surface area contributed by atoms with E-state index in [2.05, 4.69) is 15.6 Å². The first-order valence-corrected chi connectivity index (χ1v) is 8.21. The van der Waals surface area contributed by atoms with Gasteiger partial charge in [-0.25, -0.2) is 0 Å². The molecule has 0 amide bonds. The SMILES string of the molecule is CN=C(NCCc1ccc(C(F)(F)F)cc1)NCCC1CCCO1.I. The van der Waals surface area contributed by atoms with Crippen LogP contribution in [0.4, 0.5) is 13.2 Å². The Morgan fingerprint density at radius 3 is 2.44 bits per heavy atom. The van der Waals surface area contributed by atoms with E-state index in [1.165, 1.54) is 12.1 Å². The van der Waals surface area contributed by atoms with Gasteiger partial charge in [0.1, 0.15) is 0 Å². The quantitative estimate of drug-likeness (QED) is 0.379. The number of nitrogens with one attached hydrogen (secondary N) is 2. The number of benzene rings is 1. The van der Waals surface area contributed by atoms with Crippen molar-refractivity contribution in [2.45, 2.75) is 38.0 Å². The van der Waals surface area contributed by atoms with Crippen LogP contribution in [-0.4, -0.2) is 38.8 Å². The summed E-state index contributed by atoms with van der Waals surface area (Å²) in [6, 6.07) is 5.25. The van der Waals surface area contributed by atoms with Crippen LogP contribution >= 0.6 is 24.0 Å². The van der Waals surface area contributed by atoms with Crippen molar-refractivity contribution in [3.8, 4) is 0 Å². The summed E-state index contributed by atoms with van der Waals surface area (Å²) in [5.74, 6) is 0.694. The van der Waals surface area contributed by atoms with Crippen LogP contribution in [0.3, 0.4) is 0 Å². The van der Waals surface area contributed by atoms with Crippen molar-refractivity contribution in [3.05, 3.63) is 35.4 Å². The Bertz CT molecular complexity index is 529. The number of hydrogen-bond acceptors (Lipinski definition) is 2. The fourth-order valence-electron chi connectivity index (χ4n) is 2.63. The van der Waals surface area contributed by atoms with E-state index < -0.39 is 11.7 Å². The van der Waals surface area contributed by atoms with Crippen molar-refractivity contribution in [2.75, 3.05) is 26.7 Å². The molecular weight excluding hydrogens is 446 g/mol. The molecule has 0 aromatic heterocycles. The molecule has 142 valence electrons. The van der Waals surface area contributed by atoms with Gasteiger partial charge in [0.05, 0.1) is 11.7 Å². The Morgan fingerprint density at radius 2 is 1.88 bits per heavy atom. The van der Waals surface area contributed by atoms with E-state index in [1.54, 1.807) is 7.05 Å². The highest BCUT2D eigenvalue weighted by atomic mass is 127. The minimum atomic E-state index is -4.29. The smallest absolute Gasteiger partial charge is 0.378 e. The fourth-order valence-corrected chi connectivity index (χ4v) is 2.63. The topological polar surface area (TPSA) is 45.7 Å². The summed E-state index contributed by atoms with van der Waals surface area (Å²) in [6.45, 7) is 2.24. The second-order valence-electron chi connectivity index (χ2n) is 5.79. The summed E-state index contributed by atoms with van der Waals surface area (Å²) in [6.07, 6.45) is -0.134. The van der Waals surface area contributed by atoms with Gasteiger partial charge in [-0.3, -0.25) is 4.99 Å². The summed E-state index contributed by atoms with van der Waals surface area (Å²) >= 11 is 0. The third-order valence-electron chi connectivity index (χ3n) is 3.99. The maximum Gasteiger partial charge on any atom is 0.416 e. The van der Waals surface area contributed by atoms with Gasteiger partial charge in [0.15, 0.2) is 5.96 Å². The molecule has 0 radical (unpaired) electrons. The van der Waals surface area contributed by atoms with Crippen LogP contribution in [0, 0.1) is 0 Å². The van der Waals surface area contributed by atoms with Gasteiger partial charge in [-0.1, -0.05) is 12.1 Å². The molecule has 1 unspecified atom stereocenters. The third kappa shape index (κ3) is 7.81. The lowest BCUT2D eigenvalue weighted by Gasteiger charge is -2.14. The zero-order valence-corrected chi connectivity index (χ0v) is 16.6. The van der Waals surface area contributed by atoms with E-state index in [9.17, 15) is 13.2 Å². The Labute approximate surface area is 163 Å². The van der Waals surface area contributed by atoms with Gasteiger partial charge in [0, 0.05) is 26.7 Å². The highest BCUT2D eigenvalue weighted by Crippen LogP contribution is 2.29. The van der Waals surface area contributed by atoms with Crippen LogP contribution in [0.2, 0.25) is 0 Å². The van der Waals surface area contributed by atoms with Crippen molar-refractivity contribution in [2.24, 2.45) is 4.99 Å². The van der Waals surface area contributed by atoms with Crippen molar-refractivity contribution in [1.82, 2.24) is 10.6 Å². The van der Waals surface area contributed by atoms with E-state index in [-0.39, 0.29) is 24.0 Å². The molecule has 1 aliphatic heterocycles. The second kappa shape index (κ2) is 10.8. The van der Waals surface area contributed by atoms with Gasteiger partial charge >= 0.3 is 6.18 Å².